The summed E-state index contributed by atoms with van der Waals surface area (Å²) in [6.07, 6.45) is 1.44. The number of amides is 3. The van der Waals surface area contributed by atoms with Crippen molar-refractivity contribution in [3.05, 3.63) is 0 Å². The molecule has 1 aliphatic rings. The molecule has 1 fully saturated rings. The third kappa shape index (κ3) is 6.89. The molecule has 0 saturated carbocycles. The van der Waals surface area contributed by atoms with E-state index < -0.39 is 6.03 Å². The maximum atomic E-state index is 11.8. The zero-order chi connectivity index (χ0) is 16.8. The Morgan fingerprint density at radius 3 is 2.27 bits per heavy atom. The second-order valence-electron chi connectivity index (χ2n) is 6.71. The Labute approximate surface area is 131 Å². The van der Waals surface area contributed by atoms with Gasteiger partial charge in [-0.25, -0.2) is 4.79 Å². The summed E-state index contributed by atoms with van der Waals surface area (Å²) in [7, 11) is 0. The Kier molecular flexibility index (Phi) is 6.80. The van der Waals surface area contributed by atoms with Crippen LogP contribution in [0, 0.1) is 5.92 Å². The Morgan fingerprint density at radius 2 is 1.77 bits per heavy atom. The molecule has 1 rings (SSSR count). The van der Waals surface area contributed by atoms with E-state index in [2.05, 4.69) is 10.6 Å². The average molecular weight is 314 g/mol. The van der Waals surface area contributed by atoms with E-state index in [1.807, 2.05) is 20.8 Å². The lowest BCUT2D eigenvalue weighted by atomic mass is 9.97. The molecule has 1 saturated heterocycles. The Bertz CT molecular complexity index is 410. The highest BCUT2D eigenvalue weighted by molar-refractivity contribution is 5.94. The van der Waals surface area contributed by atoms with E-state index >= 15 is 0 Å². The van der Waals surface area contributed by atoms with Crippen LogP contribution in [0.4, 0.5) is 4.79 Å². The van der Waals surface area contributed by atoms with Crippen molar-refractivity contribution in [3.63, 3.8) is 0 Å². The SMILES string of the molecule is CCOC(=O)C1CC[NH+](CC(=O)NC(=O)NC(C)(C)C)CC1. The predicted octanol–water partition coefficient (Wildman–Crippen LogP) is -0.531. The van der Waals surface area contributed by atoms with Crippen molar-refractivity contribution in [3.8, 4) is 0 Å². The van der Waals surface area contributed by atoms with Gasteiger partial charge in [0.05, 0.1) is 25.6 Å². The molecule has 126 valence electrons. The second kappa shape index (κ2) is 8.12. The number of ether oxygens (including phenoxy) is 1. The highest BCUT2D eigenvalue weighted by Crippen LogP contribution is 2.11. The molecular formula is C15H28N3O4+. The number of imide groups is 1. The first kappa shape index (κ1) is 18.4. The summed E-state index contributed by atoms with van der Waals surface area (Å²) in [5.41, 5.74) is -0.380. The summed E-state index contributed by atoms with van der Waals surface area (Å²) in [4.78, 5) is 36.2. The molecule has 0 radical (unpaired) electrons. The molecule has 0 aliphatic carbocycles. The van der Waals surface area contributed by atoms with Gasteiger partial charge in [0.15, 0.2) is 6.54 Å². The molecule has 0 aromatic heterocycles. The number of carbonyl (C=O) groups is 3. The van der Waals surface area contributed by atoms with Crippen molar-refractivity contribution in [2.24, 2.45) is 5.92 Å². The zero-order valence-electron chi connectivity index (χ0n) is 14.0. The Morgan fingerprint density at radius 1 is 1.18 bits per heavy atom. The number of hydrogen-bond acceptors (Lipinski definition) is 4. The van der Waals surface area contributed by atoms with Gasteiger partial charge in [0.25, 0.3) is 5.91 Å². The Hall–Kier alpha value is -1.63. The van der Waals surface area contributed by atoms with Gasteiger partial charge >= 0.3 is 12.0 Å². The molecule has 0 spiro atoms. The first-order valence-corrected chi connectivity index (χ1v) is 7.83. The van der Waals surface area contributed by atoms with Gasteiger partial charge in [0.2, 0.25) is 0 Å². The molecule has 0 bridgehead atoms. The number of urea groups is 1. The lowest BCUT2D eigenvalue weighted by molar-refractivity contribution is -0.897. The molecule has 0 aromatic carbocycles. The molecule has 0 aromatic rings. The minimum Gasteiger partial charge on any atom is -0.466 e. The van der Waals surface area contributed by atoms with Crippen LogP contribution in [0.1, 0.15) is 40.5 Å². The first-order chi connectivity index (χ1) is 10.2. The minimum atomic E-state index is -0.474. The number of esters is 1. The normalized spacial score (nSPS) is 21.8. The zero-order valence-corrected chi connectivity index (χ0v) is 14.0. The quantitative estimate of drug-likeness (QED) is 0.609. The molecule has 1 aliphatic heterocycles. The number of piperidine rings is 1. The van der Waals surface area contributed by atoms with Gasteiger partial charge in [-0.1, -0.05) is 0 Å². The van der Waals surface area contributed by atoms with Gasteiger partial charge in [-0.3, -0.25) is 14.9 Å². The van der Waals surface area contributed by atoms with Crippen molar-refractivity contribution >= 4 is 17.9 Å². The lowest BCUT2D eigenvalue weighted by Gasteiger charge is -2.27. The van der Waals surface area contributed by atoms with Crippen LogP contribution in [-0.2, 0) is 14.3 Å². The molecule has 3 N–H and O–H groups in total. The molecule has 22 heavy (non-hydrogen) atoms. The maximum absolute atomic E-state index is 11.8. The molecule has 3 amide bonds. The first-order valence-electron chi connectivity index (χ1n) is 7.83. The highest BCUT2D eigenvalue weighted by Gasteiger charge is 2.29. The number of rotatable bonds is 4. The van der Waals surface area contributed by atoms with E-state index in [0.717, 1.165) is 30.8 Å². The lowest BCUT2D eigenvalue weighted by Crippen LogP contribution is -3.14. The van der Waals surface area contributed by atoms with Crippen LogP contribution in [0.3, 0.4) is 0 Å². The summed E-state index contributed by atoms with van der Waals surface area (Å²) in [5, 5.41) is 5.02. The molecule has 1 heterocycles. The average Bonchev–Trinajstić information content (AvgIpc) is 2.37. The van der Waals surface area contributed by atoms with Crippen LogP contribution < -0.4 is 15.5 Å². The number of carbonyl (C=O) groups excluding carboxylic acids is 3. The smallest absolute Gasteiger partial charge is 0.322 e. The van der Waals surface area contributed by atoms with Gasteiger partial charge < -0.3 is 15.0 Å². The third-order valence-corrected chi connectivity index (χ3v) is 3.46. The van der Waals surface area contributed by atoms with Gasteiger partial charge in [-0.2, -0.15) is 0 Å². The van der Waals surface area contributed by atoms with Gasteiger partial charge in [-0.15, -0.1) is 0 Å². The van der Waals surface area contributed by atoms with Crippen LogP contribution in [0.15, 0.2) is 0 Å². The molecular weight excluding hydrogens is 286 g/mol. The van der Waals surface area contributed by atoms with Crippen molar-refractivity contribution in [1.29, 1.82) is 0 Å². The van der Waals surface area contributed by atoms with Gasteiger partial charge in [-0.05, 0) is 27.7 Å². The number of quaternary nitrogens is 1. The number of nitrogens with one attached hydrogen (secondary N) is 3. The molecule has 0 atom stereocenters. The van der Waals surface area contributed by atoms with Crippen molar-refractivity contribution in [2.45, 2.75) is 46.1 Å². The van der Waals surface area contributed by atoms with E-state index in [1.165, 1.54) is 0 Å². The summed E-state index contributed by atoms with van der Waals surface area (Å²) in [5.74, 6) is -0.502. The Balaban J connectivity index is 2.30. The summed E-state index contributed by atoms with van der Waals surface area (Å²) < 4.78 is 5.02. The standard InChI is InChI=1S/C15H27N3O4/c1-5-22-13(20)11-6-8-18(9-7-11)10-12(19)16-14(21)17-15(2,3)4/h11H,5-10H2,1-4H3,(H2,16,17,19,21)/p+1. The minimum absolute atomic E-state index is 0.0593. The molecule has 0 unspecified atom stereocenters. The van der Waals surface area contributed by atoms with E-state index in [0.29, 0.717) is 6.61 Å². The van der Waals surface area contributed by atoms with Crippen molar-refractivity contribution in [2.75, 3.05) is 26.2 Å². The fourth-order valence-electron chi connectivity index (χ4n) is 2.47. The summed E-state index contributed by atoms with van der Waals surface area (Å²) in [6, 6.07) is -0.474. The largest absolute Gasteiger partial charge is 0.466 e. The van der Waals surface area contributed by atoms with E-state index in [9.17, 15) is 14.4 Å². The van der Waals surface area contributed by atoms with E-state index in [1.54, 1.807) is 6.92 Å². The van der Waals surface area contributed by atoms with E-state index in [4.69, 9.17) is 4.74 Å². The van der Waals surface area contributed by atoms with Crippen molar-refractivity contribution < 1.29 is 24.0 Å². The molecule has 7 nitrogen and oxygen atoms in total. The third-order valence-electron chi connectivity index (χ3n) is 3.46. The predicted molar refractivity (Wildman–Crippen MR) is 81.3 cm³/mol. The highest BCUT2D eigenvalue weighted by atomic mass is 16.5. The number of likely N-dealkylation sites (tertiary alicyclic amines) is 1. The number of hydrogen-bond donors (Lipinski definition) is 3. The van der Waals surface area contributed by atoms with E-state index in [-0.39, 0.29) is 29.9 Å². The van der Waals surface area contributed by atoms with Crippen LogP contribution in [0.5, 0.6) is 0 Å². The monoisotopic (exact) mass is 314 g/mol. The fourth-order valence-corrected chi connectivity index (χ4v) is 2.47. The van der Waals surface area contributed by atoms with Crippen LogP contribution in [-0.4, -0.2) is 49.7 Å². The summed E-state index contributed by atoms with van der Waals surface area (Å²) >= 11 is 0. The summed E-state index contributed by atoms with van der Waals surface area (Å²) in [6.45, 7) is 9.46. The van der Waals surface area contributed by atoms with Crippen LogP contribution >= 0.6 is 0 Å². The van der Waals surface area contributed by atoms with Crippen molar-refractivity contribution in [1.82, 2.24) is 10.6 Å². The second-order valence-corrected chi connectivity index (χ2v) is 6.71. The maximum Gasteiger partial charge on any atom is 0.322 e. The fraction of sp³-hybridized carbons (Fsp3) is 0.800. The van der Waals surface area contributed by atoms with Crippen LogP contribution in [0.25, 0.3) is 0 Å². The topological polar surface area (TPSA) is 88.9 Å². The molecule has 7 heteroatoms. The van der Waals surface area contributed by atoms with Gasteiger partial charge in [0, 0.05) is 18.4 Å². The van der Waals surface area contributed by atoms with Crippen LogP contribution in [0.2, 0.25) is 0 Å². The van der Waals surface area contributed by atoms with Gasteiger partial charge in [0.1, 0.15) is 0 Å².